The Bertz CT molecular complexity index is 992. The normalized spacial score (nSPS) is 16.1. The fourth-order valence-electron chi connectivity index (χ4n) is 2.78. The summed E-state index contributed by atoms with van der Waals surface area (Å²) in [7, 11) is -1.65. The van der Waals surface area contributed by atoms with E-state index in [0.717, 1.165) is 12.1 Å². The summed E-state index contributed by atoms with van der Waals surface area (Å²) < 4.78 is 40.5. The molecule has 1 amide bonds. The fraction of sp³-hybridized carbons (Fsp3) is 0.278. The SMILES string of the molecule is CN1CCN(S(=O)(=O)c2ccc(NC(=O)c3cc(F)c(Cl)cc3Cl)cc2)CC1. The Kier molecular flexibility index (Phi) is 6.26. The second kappa shape index (κ2) is 8.34. The van der Waals surface area contributed by atoms with Crippen LogP contribution in [0.3, 0.4) is 0 Å². The van der Waals surface area contributed by atoms with Gasteiger partial charge < -0.3 is 10.2 Å². The number of halogens is 3. The van der Waals surface area contributed by atoms with E-state index >= 15 is 0 Å². The molecule has 28 heavy (non-hydrogen) atoms. The van der Waals surface area contributed by atoms with E-state index in [1.807, 2.05) is 7.05 Å². The zero-order valence-corrected chi connectivity index (χ0v) is 17.3. The van der Waals surface area contributed by atoms with Crippen molar-refractivity contribution in [1.82, 2.24) is 9.21 Å². The first-order valence-electron chi connectivity index (χ1n) is 8.43. The highest BCUT2D eigenvalue weighted by molar-refractivity contribution is 7.89. The number of hydrogen-bond donors (Lipinski definition) is 1. The minimum absolute atomic E-state index is 0.0122. The topological polar surface area (TPSA) is 69.7 Å². The van der Waals surface area contributed by atoms with Gasteiger partial charge in [0.05, 0.1) is 20.5 Å². The number of anilines is 1. The van der Waals surface area contributed by atoms with Crippen LogP contribution in [0.2, 0.25) is 10.0 Å². The molecule has 1 fully saturated rings. The van der Waals surface area contributed by atoms with Gasteiger partial charge >= 0.3 is 0 Å². The molecule has 0 radical (unpaired) electrons. The molecule has 1 saturated heterocycles. The highest BCUT2D eigenvalue weighted by Crippen LogP contribution is 2.26. The first kappa shape index (κ1) is 21.0. The molecule has 1 heterocycles. The average molecular weight is 446 g/mol. The highest BCUT2D eigenvalue weighted by Gasteiger charge is 2.27. The van der Waals surface area contributed by atoms with Gasteiger partial charge in [-0.25, -0.2) is 12.8 Å². The molecule has 6 nitrogen and oxygen atoms in total. The molecule has 3 rings (SSSR count). The van der Waals surface area contributed by atoms with Crippen LogP contribution < -0.4 is 5.32 Å². The van der Waals surface area contributed by atoms with E-state index in [1.54, 1.807) is 0 Å². The number of amides is 1. The van der Waals surface area contributed by atoms with Crippen molar-refractivity contribution in [2.45, 2.75) is 4.90 Å². The summed E-state index contributed by atoms with van der Waals surface area (Å²) in [6.07, 6.45) is 0. The number of carbonyl (C=O) groups is 1. The van der Waals surface area contributed by atoms with Gasteiger partial charge in [-0.1, -0.05) is 23.2 Å². The predicted octanol–water partition coefficient (Wildman–Crippen LogP) is 3.32. The van der Waals surface area contributed by atoms with Crippen molar-refractivity contribution in [3.63, 3.8) is 0 Å². The van der Waals surface area contributed by atoms with Crippen molar-refractivity contribution >= 4 is 44.8 Å². The maximum absolute atomic E-state index is 13.6. The first-order chi connectivity index (χ1) is 13.2. The summed E-state index contributed by atoms with van der Waals surface area (Å²) in [5.41, 5.74) is 0.284. The maximum atomic E-state index is 13.6. The predicted molar refractivity (Wildman–Crippen MR) is 107 cm³/mol. The standard InChI is InChI=1S/C18H18Cl2FN3O3S/c1-23-6-8-24(9-7-23)28(26,27)13-4-2-12(3-5-13)22-18(25)14-10-17(21)16(20)11-15(14)19/h2-5,10-11H,6-9H2,1H3,(H,22,25). The Labute approximate surface area is 172 Å². The van der Waals surface area contributed by atoms with Crippen molar-refractivity contribution in [3.05, 3.63) is 57.8 Å². The zero-order valence-electron chi connectivity index (χ0n) is 15.0. The molecule has 1 aliphatic heterocycles. The van der Waals surface area contributed by atoms with Crippen LogP contribution in [0.1, 0.15) is 10.4 Å². The van der Waals surface area contributed by atoms with E-state index in [4.69, 9.17) is 23.2 Å². The number of rotatable bonds is 4. The zero-order chi connectivity index (χ0) is 20.5. The van der Waals surface area contributed by atoms with Gasteiger partial charge in [0.1, 0.15) is 5.82 Å². The number of benzene rings is 2. The molecule has 0 aliphatic carbocycles. The van der Waals surface area contributed by atoms with Crippen LogP contribution in [-0.4, -0.2) is 56.8 Å². The molecular formula is C18H18Cl2FN3O3S. The van der Waals surface area contributed by atoms with Gasteiger partial charge in [0.25, 0.3) is 5.91 Å². The Balaban J connectivity index is 1.74. The van der Waals surface area contributed by atoms with E-state index < -0.39 is 21.7 Å². The van der Waals surface area contributed by atoms with Crippen LogP contribution in [-0.2, 0) is 10.0 Å². The summed E-state index contributed by atoms with van der Waals surface area (Å²) in [6.45, 7) is 2.20. The molecule has 2 aromatic carbocycles. The Morgan fingerprint density at radius 2 is 1.64 bits per heavy atom. The van der Waals surface area contributed by atoms with E-state index in [2.05, 4.69) is 10.2 Å². The van der Waals surface area contributed by atoms with Crippen LogP contribution in [0.25, 0.3) is 0 Å². The van der Waals surface area contributed by atoms with E-state index in [9.17, 15) is 17.6 Å². The Hall–Kier alpha value is -1.71. The highest BCUT2D eigenvalue weighted by atomic mass is 35.5. The third kappa shape index (κ3) is 4.47. The van der Waals surface area contributed by atoms with Gasteiger partial charge in [0.15, 0.2) is 0 Å². The molecule has 0 atom stereocenters. The van der Waals surface area contributed by atoms with Crippen LogP contribution in [0.15, 0.2) is 41.3 Å². The lowest BCUT2D eigenvalue weighted by molar-refractivity contribution is 0.102. The number of sulfonamides is 1. The van der Waals surface area contributed by atoms with Gasteiger partial charge in [-0.2, -0.15) is 4.31 Å². The van der Waals surface area contributed by atoms with Gasteiger partial charge in [-0.15, -0.1) is 0 Å². The number of nitrogens with zero attached hydrogens (tertiary/aromatic N) is 2. The van der Waals surface area contributed by atoms with E-state index in [1.165, 1.54) is 28.6 Å². The molecule has 0 bridgehead atoms. The largest absolute Gasteiger partial charge is 0.322 e. The van der Waals surface area contributed by atoms with Crippen LogP contribution >= 0.6 is 23.2 Å². The number of likely N-dealkylation sites (N-methyl/N-ethyl adjacent to an activating group) is 1. The first-order valence-corrected chi connectivity index (χ1v) is 10.6. The van der Waals surface area contributed by atoms with Gasteiger partial charge in [-0.05, 0) is 43.4 Å². The molecule has 1 aliphatic rings. The summed E-state index contributed by atoms with van der Waals surface area (Å²) in [6, 6.07) is 7.90. The van der Waals surface area contributed by atoms with Crippen molar-refractivity contribution in [2.75, 3.05) is 38.5 Å². The third-order valence-electron chi connectivity index (χ3n) is 4.47. The van der Waals surface area contributed by atoms with E-state index in [0.29, 0.717) is 31.9 Å². The Morgan fingerprint density at radius 1 is 1.04 bits per heavy atom. The van der Waals surface area contributed by atoms with Crippen molar-refractivity contribution < 1.29 is 17.6 Å². The van der Waals surface area contributed by atoms with Crippen molar-refractivity contribution in [1.29, 1.82) is 0 Å². The molecule has 0 aromatic heterocycles. The summed E-state index contributed by atoms with van der Waals surface area (Å²) >= 11 is 11.6. The second-order valence-electron chi connectivity index (χ2n) is 6.43. The van der Waals surface area contributed by atoms with Gasteiger partial charge in [-0.3, -0.25) is 4.79 Å². The third-order valence-corrected chi connectivity index (χ3v) is 6.98. The lowest BCUT2D eigenvalue weighted by Gasteiger charge is -2.31. The molecular weight excluding hydrogens is 428 g/mol. The molecule has 0 saturated carbocycles. The van der Waals surface area contributed by atoms with Crippen molar-refractivity contribution in [3.8, 4) is 0 Å². The number of piperazine rings is 1. The van der Waals surface area contributed by atoms with Gasteiger partial charge in [0.2, 0.25) is 10.0 Å². The fourth-order valence-corrected chi connectivity index (χ4v) is 4.67. The van der Waals surface area contributed by atoms with E-state index in [-0.39, 0.29) is 20.5 Å². The average Bonchev–Trinajstić information content (AvgIpc) is 2.65. The quantitative estimate of drug-likeness (QED) is 0.732. The lowest BCUT2D eigenvalue weighted by atomic mass is 10.2. The minimum atomic E-state index is -3.59. The second-order valence-corrected chi connectivity index (χ2v) is 9.18. The lowest BCUT2D eigenvalue weighted by Crippen LogP contribution is -2.46. The van der Waals surface area contributed by atoms with Crippen LogP contribution in [0.5, 0.6) is 0 Å². The molecule has 0 spiro atoms. The van der Waals surface area contributed by atoms with Crippen LogP contribution in [0, 0.1) is 5.82 Å². The molecule has 0 unspecified atom stereocenters. The van der Waals surface area contributed by atoms with Crippen molar-refractivity contribution in [2.24, 2.45) is 0 Å². The smallest absolute Gasteiger partial charge is 0.257 e. The van der Waals surface area contributed by atoms with Crippen LogP contribution in [0.4, 0.5) is 10.1 Å². The number of hydrogen-bond acceptors (Lipinski definition) is 4. The molecule has 150 valence electrons. The monoisotopic (exact) mass is 445 g/mol. The summed E-state index contributed by atoms with van der Waals surface area (Å²) in [5.74, 6) is -1.39. The number of carbonyl (C=O) groups excluding carboxylic acids is 1. The molecule has 10 heteroatoms. The molecule has 1 N–H and O–H groups in total. The summed E-state index contributed by atoms with van der Waals surface area (Å²) in [5, 5.41) is 2.39. The molecule has 2 aromatic rings. The number of nitrogens with one attached hydrogen (secondary N) is 1. The minimum Gasteiger partial charge on any atom is -0.322 e. The summed E-state index contributed by atoms with van der Waals surface area (Å²) in [4.78, 5) is 14.5. The Morgan fingerprint density at radius 3 is 2.25 bits per heavy atom. The maximum Gasteiger partial charge on any atom is 0.257 e. The van der Waals surface area contributed by atoms with Gasteiger partial charge in [0, 0.05) is 31.9 Å².